The number of rotatable bonds is 5. The number of hydrogen-bond acceptors (Lipinski definition) is 4. The Morgan fingerprint density at radius 3 is 2.88 bits per heavy atom. The Bertz CT molecular complexity index is 768. The highest BCUT2D eigenvalue weighted by atomic mass is 16.5. The van der Waals surface area contributed by atoms with Crippen molar-refractivity contribution in [3.05, 3.63) is 58.7 Å². The molecule has 5 nitrogen and oxygen atoms in total. The molecule has 1 amide bonds. The quantitative estimate of drug-likeness (QED) is 0.821. The number of nitrogens with one attached hydrogen (secondary N) is 1. The molecule has 3 rings (SSSR count). The Morgan fingerprint density at radius 2 is 2.12 bits per heavy atom. The van der Waals surface area contributed by atoms with Gasteiger partial charge >= 0.3 is 0 Å². The molecule has 0 saturated carbocycles. The summed E-state index contributed by atoms with van der Waals surface area (Å²) in [6, 6.07) is 11.4. The molecular weight excluding hydrogens is 316 g/mol. The molecule has 132 valence electrons. The zero-order valence-electron chi connectivity index (χ0n) is 14.7. The van der Waals surface area contributed by atoms with Crippen LogP contribution in [0.15, 0.2) is 36.4 Å². The largest absolute Gasteiger partial charge is 0.488 e. The normalized spacial score (nSPS) is 16.6. The van der Waals surface area contributed by atoms with Gasteiger partial charge in [0.1, 0.15) is 11.9 Å². The highest BCUT2D eigenvalue weighted by Gasteiger charge is 2.19. The summed E-state index contributed by atoms with van der Waals surface area (Å²) in [7, 11) is 0. The average Bonchev–Trinajstić information content (AvgIpc) is 3.09. The van der Waals surface area contributed by atoms with E-state index in [2.05, 4.69) is 5.32 Å². The SMILES string of the molecule is Cc1ccc(CNC(=O)c2cc(N)ccc2C)c(OC2CCOC2)c1. The zero-order valence-corrected chi connectivity index (χ0v) is 14.7. The molecule has 0 aromatic heterocycles. The van der Waals surface area contributed by atoms with Crippen LogP contribution >= 0.6 is 0 Å². The average molecular weight is 340 g/mol. The highest BCUT2D eigenvalue weighted by Crippen LogP contribution is 2.24. The Hall–Kier alpha value is -2.53. The molecule has 0 radical (unpaired) electrons. The number of aryl methyl sites for hydroxylation is 2. The number of amides is 1. The first-order chi connectivity index (χ1) is 12.0. The Labute approximate surface area is 148 Å². The third kappa shape index (κ3) is 4.31. The Balaban J connectivity index is 1.71. The molecule has 1 unspecified atom stereocenters. The zero-order chi connectivity index (χ0) is 17.8. The van der Waals surface area contributed by atoms with Crippen molar-refractivity contribution < 1.29 is 14.3 Å². The number of hydrogen-bond donors (Lipinski definition) is 2. The van der Waals surface area contributed by atoms with E-state index in [4.69, 9.17) is 15.2 Å². The van der Waals surface area contributed by atoms with Crippen molar-refractivity contribution in [1.29, 1.82) is 0 Å². The third-order valence-electron chi connectivity index (χ3n) is 4.35. The van der Waals surface area contributed by atoms with E-state index in [1.165, 1.54) is 0 Å². The fourth-order valence-corrected chi connectivity index (χ4v) is 2.86. The number of anilines is 1. The Morgan fingerprint density at radius 1 is 1.28 bits per heavy atom. The van der Waals surface area contributed by atoms with Gasteiger partial charge in [0, 0.05) is 29.8 Å². The highest BCUT2D eigenvalue weighted by molar-refractivity contribution is 5.96. The minimum Gasteiger partial charge on any atom is -0.488 e. The summed E-state index contributed by atoms with van der Waals surface area (Å²) in [4.78, 5) is 12.5. The van der Waals surface area contributed by atoms with Crippen molar-refractivity contribution in [1.82, 2.24) is 5.32 Å². The standard InChI is InChI=1S/C20H24N2O3/c1-13-3-5-15(19(9-13)25-17-7-8-24-12-17)11-22-20(23)18-10-16(21)6-4-14(18)2/h3-6,9-10,17H,7-8,11-12,21H2,1-2H3,(H,22,23). The molecule has 0 bridgehead atoms. The van der Waals surface area contributed by atoms with E-state index in [1.807, 2.05) is 38.1 Å². The van der Waals surface area contributed by atoms with Gasteiger partial charge in [0.2, 0.25) is 0 Å². The lowest BCUT2D eigenvalue weighted by molar-refractivity contribution is 0.0949. The topological polar surface area (TPSA) is 73.6 Å². The molecular formula is C20H24N2O3. The van der Waals surface area contributed by atoms with Gasteiger partial charge in [-0.1, -0.05) is 18.2 Å². The first kappa shape index (κ1) is 17.3. The molecule has 25 heavy (non-hydrogen) atoms. The Kier molecular flexibility index (Phi) is 5.24. The summed E-state index contributed by atoms with van der Waals surface area (Å²) < 4.78 is 11.4. The number of nitrogen functional groups attached to an aromatic ring is 1. The second kappa shape index (κ2) is 7.57. The minimum atomic E-state index is -0.138. The predicted molar refractivity (Wildman–Crippen MR) is 97.8 cm³/mol. The van der Waals surface area contributed by atoms with Crippen LogP contribution < -0.4 is 15.8 Å². The van der Waals surface area contributed by atoms with Crippen molar-refractivity contribution in [2.75, 3.05) is 18.9 Å². The maximum absolute atomic E-state index is 12.5. The van der Waals surface area contributed by atoms with E-state index in [1.54, 1.807) is 12.1 Å². The molecule has 0 aliphatic carbocycles. The van der Waals surface area contributed by atoms with E-state index in [9.17, 15) is 4.79 Å². The number of carbonyl (C=O) groups excluding carboxylic acids is 1. The number of carbonyl (C=O) groups is 1. The molecule has 1 aliphatic heterocycles. The smallest absolute Gasteiger partial charge is 0.251 e. The van der Waals surface area contributed by atoms with E-state index in [0.717, 1.165) is 35.5 Å². The molecule has 2 aromatic carbocycles. The number of benzene rings is 2. The van der Waals surface area contributed by atoms with Crippen molar-refractivity contribution in [3.63, 3.8) is 0 Å². The minimum absolute atomic E-state index is 0.0763. The summed E-state index contributed by atoms with van der Waals surface area (Å²) in [6.07, 6.45) is 0.967. The molecule has 2 aromatic rings. The number of nitrogens with two attached hydrogens (primary N) is 1. The summed E-state index contributed by atoms with van der Waals surface area (Å²) in [6.45, 7) is 5.67. The molecule has 1 aliphatic rings. The summed E-state index contributed by atoms with van der Waals surface area (Å²) in [5, 5.41) is 2.96. The van der Waals surface area contributed by atoms with Crippen molar-refractivity contribution in [3.8, 4) is 5.75 Å². The van der Waals surface area contributed by atoms with Crippen molar-refractivity contribution >= 4 is 11.6 Å². The lowest BCUT2D eigenvalue weighted by Crippen LogP contribution is -2.25. The van der Waals surface area contributed by atoms with Gasteiger partial charge in [0.25, 0.3) is 5.91 Å². The van der Waals surface area contributed by atoms with Gasteiger partial charge in [0.05, 0.1) is 13.2 Å². The molecule has 1 heterocycles. The first-order valence-corrected chi connectivity index (χ1v) is 8.51. The van der Waals surface area contributed by atoms with Crippen LogP contribution in [0.25, 0.3) is 0 Å². The summed E-state index contributed by atoms with van der Waals surface area (Å²) in [5.41, 5.74) is 9.94. The monoisotopic (exact) mass is 340 g/mol. The van der Waals surface area contributed by atoms with Gasteiger partial charge in [-0.15, -0.1) is 0 Å². The fraction of sp³-hybridized carbons (Fsp3) is 0.350. The lowest BCUT2D eigenvalue weighted by atomic mass is 10.1. The maximum atomic E-state index is 12.5. The second-order valence-corrected chi connectivity index (χ2v) is 6.47. The van der Waals surface area contributed by atoms with Gasteiger partial charge < -0.3 is 20.5 Å². The van der Waals surface area contributed by atoms with Crippen LogP contribution in [0.1, 0.15) is 33.5 Å². The van der Waals surface area contributed by atoms with Crippen molar-refractivity contribution in [2.24, 2.45) is 0 Å². The molecule has 1 fully saturated rings. The van der Waals surface area contributed by atoms with Crippen LogP contribution in [-0.4, -0.2) is 25.2 Å². The van der Waals surface area contributed by atoms with Crippen LogP contribution in [0.2, 0.25) is 0 Å². The molecule has 1 atom stereocenters. The van der Waals surface area contributed by atoms with E-state index >= 15 is 0 Å². The van der Waals surface area contributed by atoms with Crippen LogP contribution in [0.3, 0.4) is 0 Å². The molecule has 0 spiro atoms. The second-order valence-electron chi connectivity index (χ2n) is 6.47. The summed E-state index contributed by atoms with van der Waals surface area (Å²) >= 11 is 0. The van der Waals surface area contributed by atoms with Crippen LogP contribution in [0.4, 0.5) is 5.69 Å². The molecule has 5 heteroatoms. The van der Waals surface area contributed by atoms with E-state index < -0.39 is 0 Å². The maximum Gasteiger partial charge on any atom is 0.251 e. The predicted octanol–water partition coefficient (Wildman–Crippen LogP) is 2.98. The van der Waals surface area contributed by atoms with E-state index in [0.29, 0.717) is 24.4 Å². The van der Waals surface area contributed by atoms with Gasteiger partial charge in [-0.2, -0.15) is 0 Å². The van der Waals surface area contributed by atoms with E-state index in [-0.39, 0.29) is 12.0 Å². The fourth-order valence-electron chi connectivity index (χ4n) is 2.86. The van der Waals surface area contributed by atoms with Crippen molar-refractivity contribution in [2.45, 2.75) is 32.9 Å². The van der Waals surface area contributed by atoms with Gasteiger partial charge in [-0.05, 0) is 43.2 Å². The van der Waals surface area contributed by atoms with Gasteiger partial charge in [0.15, 0.2) is 0 Å². The molecule has 1 saturated heterocycles. The summed E-state index contributed by atoms with van der Waals surface area (Å²) in [5.74, 6) is 0.667. The third-order valence-corrected chi connectivity index (χ3v) is 4.35. The lowest BCUT2D eigenvalue weighted by Gasteiger charge is -2.17. The van der Waals surface area contributed by atoms with Crippen LogP contribution in [0.5, 0.6) is 5.75 Å². The van der Waals surface area contributed by atoms with Crippen LogP contribution in [0, 0.1) is 13.8 Å². The van der Waals surface area contributed by atoms with Gasteiger partial charge in [-0.3, -0.25) is 4.79 Å². The molecule has 3 N–H and O–H groups in total. The number of ether oxygens (including phenoxy) is 2. The van der Waals surface area contributed by atoms with Gasteiger partial charge in [-0.25, -0.2) is 0 Å². The van der Waals surface area contributed by atoms with Crippen LogP contribution in [-0.2, 0) is 11.3 Å². The first-order valence-electron chi connectivity index (χ1n) is 8.51.